The summed E-state index contributed by atoms with van der Waals surface area (Å²) in [4.78, 5) is 0. The number of nitrogens with one attached hydrogen (secondary N) is 1. The number of benzene rings is 1. The second-order valence-corrected chi connectivity index (χ2v) is 6.28. The van der Waals surface area contributed by atoms with Crippen LogP contribution in [-0.4, -0.2) is 6.54 Å². The summed E-state index contributed by atoms with van der Waals surface area (Å²) in [5.74, 6) is 0.536. The van der Waals surface area contributed by atoms with Crippen LogP contribution in [0.25, 0.3) is 0 Å². The largest absolute Gasteiger partial charge is 0.310 e. The van der Waals surface area contributed by atoms with Gasteiger partial charge in [-0.2, -0.15) is 0 Å². The lowest BCUT2D eigenvalue weighted by molar-refractivity contribution is 0.359. The van der Waals surface area contributed by atoms with Crippen molar-refractivity contribution in [3.05, 3.63) is 34.6 Å². The summed E-state index contributed by atoms with van der Waals surface area (Å²) in [5.41, 5.74) is 0.915. The van der Waals surface area contributed by atoms with Gasteiger partial charge in [0.25, 0.3) is 0 Å². The molecular weight excluding hydrogens is 273 g/mol. The molecule has 1 saturated carbocycles. The van der Waals surface area contributed by atoms with Gasteiger partial charge in [0, 0.05) is 11.1 Å². The van der Waals surface area contributed by atoms with Crippen molar-refractivity contribution in [2.45, 2.75) is 57.9 Å². The third-order valence-electron chi connectivity index (χ3n) is 4.33. The van der Waals surface area contributed by atoms with E-state index in [1.807, 2.05) is 0 Å². The predicted octanol–water partition coefficient (Wildman–Crippen LogP) is 5.49. The molecule has 1 nitrogen and oxygen atoms in total. The van der Waals surface area contributed by atoms with E-state index in [0.717, 1.165) is 24.4 Å². The van der Waals surface area contributed by atoms with E-state index < -0.39 is 0 Å². The minimum atomic E-state index is -0.201. The number of hydrogen-bond acceptors (Lipinski definition) is 1. The highest BCUT2D eigenvalue weighted by atomic mass is 35.5. The summed E-state index contributed by atoms with van der Waals surface area (Å²) in [5, 5.41) is 4.16. The molecule has 1 N–H and O–H groups in total. The molecule has 0 aromatic heterocycles. The highest BCUT2D eigenvalue weighted by molar-refractivity contribution is 6.31. The number of hydrogen-bond donors (Lipinski definition) is 1. The van der Waals surface area contributed by atoms with E-state index in [1.54, 1.807) is 12.1 Å². The molecule has 20 heavy (non-hydrogen) atoms. The van der Waals surface area contributed by atoms with E-state index in [2.05, 4.69) is 12.2 Å². The van der Waals surface area contributed by atoms with Crippen LogP contribution in [0, 0.1) is 11.7 Å². The monoisotopic (exact) mass is 297 g/mol. The molecular formula is C17H25ClFN. The van der Waals surface area contributed by atoms with E-state index in [0.29, 0.717) is 5.02 Å². The van der Waals surface area contributed by atoms with Gasteiger partial charge in [0.05, 0.1) is 0 Å². The number of rotatable bonds is 5. The van der Waals surface area contributed by atoms with Crippen LogP contribution in [0.5, 0.6) is 0 Å². The Hall–Kier alpha value is -0.600. The Bertz CT molecular complexity index is 413. The van der Waals surface area contributed by atoms with Crippen LogP contribution in [0.2, 0.25) is 5.02 Å². The second kappa shape index (κ2) is 7.99. The molecule has 112 valence electrons. The van der Waals surface area contributed by atoms with Crippen molar-refractivity contribution in [2.75, 3.05) is 6.54 Å². The van der Waals surface area contributed by atoms with Crippen LogP contribution < -0.4 is 5.32 Å². The van der Waals surface area contributed by atoms with Crippen LogP contribution >= 0.6 is 11.6 Å². The Kier molecular flexibility index (Phi) is 6.31. The summed E-state index contributed by atoms with van der Waals surface area (Å²) in [6.07, 6.45) is 9.06. The Morgan fingerprint density at radius 2 is 1.95 bits per heavy atom. The average molecular weight is 298 g/mol. The summed E-state index contributed by atoms with van der Waals surface area (Å²) in [6.45, 7) is 2.97. The Balaban J connectivity index is 2.10. The molecule has 0 saturated heterocycles. The van der Waals surface area contributed by atoms with Gasteiger partial charge >= 0.3 is 0 Å². The van der Waals surface area contributed by atoms with Crippen molar-refractivity contribution < 1.29 is 4.39 Å². The standard InChI is InChI=1S/C17H25ClFN/c1-2-20-17(11-13-7-5-3-4-6-8-13)15-12-14(19)9-10-16(15)18/h9-10,12-13,17,20H,2-8,11H2,1H3. The van der Waals surface area contributed by atoms with Gasteiger partial charge in [-0.05, 0) is 42.6 Å². The third-order valence-corrected chi connectivity index (χ3v) is 4.67. The van der Waals surface area contributed by atoms with Crippen molar-refractivity contribution in [2.24, 2.45) is 5.92 Å². The van der Waals surface area contributed by atoms with Crippen LogP contribution in [0.15, 0.2) is 18.2 Å². The number of halogens is 2. The fourth-order valence-electron chi connectivity index (χ4n) is 3.28. The molecule has 0 heterocycles. The summed E-state index contributed by atoms with van der Waals surface area (Å²) >= 11 is 6.27. The summed E-state index contributed by atoms with van der Waals surface area (Å²) in [6, 6.07) is 4.86. The topological polar surface area (TPSA) is 12.0 Å². The fraction of sp³-hybridized carbons (Fsp3) is 0.647. The molecule has 1 fully saturated rings. The fourth-order valence-corrected chi connectivity index (χ4v) is 3.53. The van der Waals surface area contributed by atoms with Crippen molar-refractivity contribution in [3.8, 4) is 0 Å². The van der Waals surface area contributed by atoms with Crippen molar-refractivity contribution in [1.29, 1.82) is 0 Å². The predicted molar refractivity (Wildman–Crippen MR) is 83.6 cm³/mol. The normalized spacial score (nSPS) is 18.8. The molecule has 0 spiro atoms. The van der Waals surface area contributed by atoms with E-state index in [4.69, 9.17) is 11.6 Å². The van der Waals surface area contributed by atoms with Crippen LogP contribution in [0.1, 0.15) is 63.5 Å². The van der Waals surface area contributed by atoms with Gasteiger partial charge in [0.1, 0.15) is 5.82 Å². The van der Waals surface area contributed by atoms with Gasteiger partial charge in [-0.15, -0.1) is 0 Å². The van der Waals surface area contributed by atoms with Crippen molar-refractivity contribution >= 4 is 11.6 Å². The molecule has 2 rings (SSSR count). The van der Waals surface area contributed by atoms with Gasteiger partial charge in [0.2, 0.25) is 0 Å². The van der Waals surface area contributed by atoms with Gasteiger partial charge in [-0.3, -0.25) is 0 Å². The molecule has 0 aliphatic heterocycles. The van der Waals surface area contributed by atoms with Gasteiger partial charge in [-0.25, -0.2) is 4.39 Å². The van der Waals surface area contributed by atoms with Crippen LogP contribution in [0.3, 0.4) is 0 Å². The van der Waals surface area contributed by atoms with Crippen LogP contribution in [-0.2, 0) is 0 Å². The van der Waals surface area contributed by atoms with Gasteiger partial charge in [-0.1, -0.05) is 57.0 Å². The Labute approximate surface area is 126 Å². The van der Waals surface area contributed by atoms with Crippen molar-refractivity contribution in [1.82, 2.24) is 5.32 Å². The molecule has 1 aromatic rings. The Morgan fingerprint density at radius 3 is 2.60 bits per heavy atom. The second-order valence-electron chi connectivity index (χ2n) is 5.87. The first-order valence-corrected chi connectivity index (χ1v) is 8.26. The average Bonchev–Trinajstić information content (AvgIpc) is 2.70. The molecule has 1 aromatic carbocycles. The van der Waals surface area contributed by atoms with E-state index in [-0.39, 0.29) is 11.9 Å². The van der Waals surface area contributed by atoms with Crippen LogP contribution in [0.4, 0.5) is 4.39 Å². The molecule has 1 atom stereocenters. The molecule has 1 aliphatic carbocycles. The molecule has 3 heteroatoms. The molecule has 0 bridgehead atoms. The first-order valence-electron chi connectivity index (χ1n) is 7.89. The minimum absolute atomic E-state index is 0.172. The first-order chi connectivity index (χ1) is 9.70. The zero-order chi connectivity index (χ0) is 14.4. The maximum Gasteiger partial charge on any atom is 0.123 e. The lowest BCUT2D eigenvalue weighted by Gasteiger charge is -2.24. The highest BCUT2D eigenvalue weighted by Gasteiger charge is 2.21. The quantitative estimate of drug-likeness (QED) is 0.709. The minimum Gasteiger partial charge on any atom is -0.310 e. The lowest BCUT2D eigenvalue weighted by atomic mass is 9.89. The van der Waals surface area contributed by atoms with Gasteiger partial charge in [0.15, 0.2) is 0 Å². The molecule has 0 radical (unpaired) electrons. The first kappa shape index (κ1) is 15.8. The zero-order valence-electron chi connectivity index (χ0n) is 12.3. The molecule has 1 unspecified atom stereocenters. The maximum atomic E-state index is 13.5. The van der Waals surface area contributed by atoms with Gasteiger partial charge < -0.3 is 5.32 Å². The smallest absolute Gasteiger partial charge is 0.123 e. The zero-order valence-corrected chi connectivity index (χ0v) is 13.1. The SMILES string of the molecule is CCNC(CC1CCCCCC1)c1cc(F)ccc1Cl. The van der Waals surface area contributed by atoms with E-state index in [1.165, 1.54) is 44.6 Å². The molecule has 1 aliphatic rings. The van der Waals surface area contributed by atoms with E-state index in [9.17, 15) is 4.39 Å². The highest BCUT2D eigenvalue weighted by Crippen LogP contribution is 2.33. The lowest BCUT2D eigenvalue weighted by Crippen LogP contribution is -2.24. The summed E-state index contributed by atoms with van der Waals surface area (Å²) < 4.78 is 13.5. The molecule has 0 amide bonds. The van der Waals surface area contributed by atoms with Crippen molar-refractivity contribution in [3.63, 3.8) is 0 Å². The third kappa shape index (κ3) is 4.46. The van der Waals surface area contributed by atoms with E-state index >= 15 is 0 Å². The summed E-state index contributed by atoms with van der Waals surface area (Å²) in [7, 11) is 0. The Morgan fingerprint density at radius 1 is 1.25 bits per heavy atom. The maximum absolute atomic E-state index is 13.5.